The van der Waals surface area contributed by atoms with Crippen LogP contribution in [0.5, 0.6) is 0 Å². The minimum Gasteiger partial charge on any atom is -0.460 e. The molecular formula is C59H73N3O2. The van der Waals surface area contributed by atoms with Crippen molar-refractivity contribution in [3.8, 4) is 0 Å². The van der Waals surface area contributed by atoms with Crippen molar-refractivity contribution in [3.05, 3.63) is 159 Å². The molecular weight excluding hydrogens is 783 g/mol. The van der Waals surface area contributed by atoms with E-state index in [0.29, 0.717) is 0 Å². The van der Waals surface area contributed by atoms with Crippen LogP contribution in [0, 0.1) is 47.0 Å². The van der Waals surface area contributed by atoms with Gasteiger partial charge in [-0.1, -0.05) is 117 Å². The molecule has 0 saturated heterocycles. The van der Waals surface area contributed by atoms with E-state index in [9.17, 15) is 4.79 Å². The van der Waals surface area contributed by atoms with Crippen molar-refractivity contribution in [1.29, 1.82) is 0 Å². The first kappa shape index (κ1) is 46.4. The Labute approximate surface area is 385 Å². The second-order valence-electron chi connectivity index (χ2n) is 19.4. The molecule has 1 aliphatic rings. The van der Waals surface area contributed by atoms with Gasteiger partial charge in [0.2, 0.25) is 0 Å². The van der Waals surface area contributed by atoms with Crippen molar-refractivity contribution in [2.75, 3.05) is 28.2 Å². The first-order chi connectivity index (χ1) is 30.7. The van der Waals surface area contributed by atoms with Crippen molar-refractivity contribution in [3.63, 3.8) is 0 Å². The van der Waals surface area contributed by atoms with Gasteiger partial charge in [0, 0.05) is 52.8 Å². The lowest BCUT2D eigenvalue weighted by Gasteiger charge is -2.35. The highest BCUT2D eigenvalue weighted by Gasteiger charge is 2.34. The van der Waals surface area contributed by atoms with Crippen LogP contribution in [-0.4, -0.2) is 31.2 Å². The van der Waals surface area contributed by atoms with Crippen LogP contribution in [0.1, 0.15) is 136 Å². The number of nitrogens with zero attached hydrogens (tertiary/aromatic N) is 2. The van der Waals surface area contributed by atoms with E-state index in [1.807, 2.05) is 13.8 Å². The molecule has 1 aliphatic carbocycles. The molecule has 336 valence electrons. The van der Waals surface area contributed by atoms with Crippen molar-refractivity contribution < 1.29 is 9.53 Å². The lowest BCUT2D eigenvalue weighted by molar-refractivity contribution is -0.161. The van der Waals surface area contributed by atoms with Crippen molar-refractivity contribution in [2.24, 2.45) is 5.41 Å². The van der Waals surface area contributed by atoms with E-state index in [1.165, 1.54) is 83.6 Å². The lowest BCUT2D eigenvalue weighted by Crippen LogP contribution is -2.42. The Morgan fingerprint density at radius 3 is 1.58 bits per heavy atom. The van der Waals surface area contributed by atoms with E-state index in [2.05, 4.69) is 187 Å². The molecule has 64 heavy (non-hydrogen) atoms. The Balaban J connectivity index is 1.32. The van der Waals surface area contributed by atoms with Gasteiger partial charge in [-0.15, -0.1) is 0 Å². The molecule has 0 aliphatic heterocycles. The van der Waals surface area contributed by atoms with Gasteiger partial charge in [0.25, 0.3) is 0 Å². The summed E-state index contributed by atoms with van der Waals surface area (Å²) >= 11 is 0. The Hall–Kier alpha value is -5.55. The summed E-state index contributed by atoms with van der Waals surface area (Å²) in [5.41, 5.74) is 17.2. The highest BCUT2D eigenvalue weighted by atomic mass is 16.5. The molecule has 6 aromatic carbocycles. The summed E-state index contributed by atoms with van der Waals surface area (Å²) in [6.45, 7) is 25.8. The molecule has 0 radical (unpaired) electrons. The first-order valence-electron chi connectivity index (χ1n) is 24.1. The van der Waals surface area contributed by atoms with Gasteiger partial charge < -0.3 is 19.9 Å². The third kappa shape index (κ3) is 9.89. The second kappa shape index (κ2) is 20.1. The highest BCUT2D eigenvalue weighted by molar-refractivity contribution is 5.97. The minimum absolute atomic E-state index is 0.0216. The van der Waals surface area contributed by atoms with Crippen LogP contribution in [-0.2, 0) is 9.53 Å². The van der Waals surface area contributed by atoms with Gasteiger partial charge in [0.1, 0.15) is 6.10 Å². The van der Waals surface area contributed by atoms with Crippen LogP contribution < -0.4 is 15.1 Å². The molecule has 7 rings (SSSR count). The minimum atomic E-state index is -0.499. The standard InChI is InChI=1S/C59H73N3O2/c1-12-33-61(56-41(6)35-39(4)36-42(56)7)47-27-23-45(24-28-47)55(46-25-29-48(30-26-46)62(34-13-2)57-43(8)37-40(5)38-44(57)9)51-31-32-52(50-20-16-15-19-49(50)51)60-53-21-17-18-22-54(53)64-58(63)59(10,11)14-3/h15-16,19-20,23-32,35-38,53-55,60H,12-14,17-18,21-22,33-34H2,1-11H3. The first-order valence-corrected chi connectivity index (χ1v) is 24.1. The zero-order chi connectivity index (χ0) is 45.7. The smallest absolute Gasteiger partial charge is 0.311 e. The monoisotopic (exact) mass is 856 g/mol. The average molecular weight is 856 g/mol. The predicted octanol–water partition coefficient (Wildman–Crippen LogP) is 15.7. The highest BCUT2D eigenvalue weighted by Crippen LogP contribution is 2.42. The fraction of sp³-hybridized carbons (Fsp3) is 0.407. The van der Waals surface area contributed by atoms with Gasteiger partial charge >= 0.3 is 5.97 Å². The van der Waals surface area contributed by atoms with Crippen LogP contribution in [0.3, 0.4) is 0 Å². The fourth-order valence-electron chi connectivity index (χ4n) is 10.4. The van der Waals surface area contributed by atoms with Crippen molar-refractivity contribution in [2.45, 2.75) is 139 Å². The summed E-state index contributed by atoms with van der Waals surface area (Å²) in [5.74, 6) is -0.121. The number of aryl methyl sites for hydroxylation is 6. The van der Waals surface area contributed by atoms with Crippen molar-refractivity contribution >= 4 is 45.2 Å². The Kier molecular flexibility index (Phi) is 14.6. The fourth-order valence-corrected chi connectivity index (χ4v) is 10.4. The molecule has 1 N–H and O–H groups in total. The van der Waals surface area contributed by atoms with E-state index in [4.69, 9.17) is 4.74 Å². The number of esters is 1. The third-order valence-electron chi connectivity index (χ3n) is 13.8. The number of nitrogens with one attached hydrogen (secondary N) is 1. The molecule has 6 aromatic rings. The van der Waals surface area contributed by atoms with Gasteiger partial charge in [-0.3, -0.25) is 4.79 Å². The molecule has 5 heteroatoms. The van der Waals surface area contributed by atoms with Gasteiger partial charge in [-0.2, -0.15) is 0 Å². The molecule has 0 amide bonds. The van der Waals surface area contributed by atoms with E-state index in [-0.39, 0.29) is 24.0 Å². The topological polar surface area (TPSA) is 44.8 Å². The van der Waals surface area contributed by atoms with Gasteiger partial charge in [-0.25, -0.2) is 0 Å². The number of carbonyl (C=O) groups excluding carboxylic acids is 1. The number of anilines is 5. The number of hydrogen-bond acceptors (Lipinski definition) is 5. The normalized spacial score (nSPS) is 15.4. The number of hydrogen-bond donors (Lipinski definition) is 1. The maximum atomic E-state index is 13.3. The molecule has 0 bridgehead atoms. The van der Waals surface area contributed by atoms with E-state index in [0.717, 1.165) is 63.7 Å². The Bertz CT molecular complexity index is 2400. The van der Waals surface area contributed by atoms with Crippen molar-refractivity contribution in [1.82, 2.24) is 0 Å². The van der Waals surface area contributed by atoms with E-state index >= 15 is 0 Å². The van der Waals surface area contributed by atoms with E-state index < -0.39 is 5.41 Å². The molecule has 2 unspecified atom stereocenters. The number of benzene rings is 6. The molecule has 5 nitrogen and oxygen atoms in total. The van der Waals surface area contributed by atoms with E-state index in [1.54, 1.807) is 0 Å². The van der Waals surface area contributed by atoms with Crippen LogP contribution in [0.2, 0.25) is 0 Å². The summed E-state index contributed by atoms with van der Waals surface area (Å²) in [4.78, 5) is 18.3. The van der Waals surface area contributed by atoms with Crippen LogP contribution >= 0.6 is 0 Å². The van der Waals surface area contributed by atoms with Crippen LogP contribution in [0.15, 0.2) is 109 Å². The van der Waals surface area contributed by atoms with Crippen LogP contribution in [0.25, 0.3) is 10.8 Å². The average Bonchev–Trinajstić information content (AvgIpc) is 3.27. The maximum Gasteiger partial charge on any atom is 0.311 e. The van der Waals surface area contributed by atoms with Crippen LogP contribution in [0.4, 0.5) is 28.4 Å². The van der Waals surface area contributed by atoms with Gasteiger partial charge in [-0.05, 0) is 169 Å². The Morgan fingerprint density at radius 1 is 0.641 bits per heavy atom. The van der Waals surface area contributed by atoms with Gasteiger partial charge in [0.05, 0.1) is 11.5 Å². The molecule has 0 aromatic heterocycles. The number of ether oxygens (including phenoxy) is 1. The SMILES string of the molecule is CCCN(c1ccc(C(c2ccc(N(CCC)c3c(C)cc(C)cc3C)cc2)c2ccc(NC3CCCCC3OC(=O)C(C)(C)CC)c3ccccc23)cc1)c1c(C)cc(C)cc1C. The maximum absolute atomic E-state index is 13.3. The lowest BCUT2D eigenvalue weighted by atomic mass is 9.82. The predicted molar refractivity (Wildman–Crippen MR) is 274 cm³/mol. The number of carbonyl (C=O) groups is 1. The second-order valence-corrected chi connectivity index (χ2v) is 19.4. The molecule has 0 spiro atoms. The zero-order valence-corrected chi connectivity index (χ0v) is 40.7. The zero-order valence-electron chi connectivity index (χ0n) is 40.7. The van der Waals surface area contributed by atoms with Gasteiger partial charge in [0.15, 0.2) is 0 Å². The summed E-state index contributed by atoms with van der Waals surface area (Å²) in [6, 6.07) is 41.5. The summed E-state index contributed by atoms with van der Waals surface area (Å²) in [5, 5.41) is 6.33. The largest absolute Gasteiger partial charge is 0.460 e. The summed E-state index contributed by atoms with van der Waals surface area (Å²) in [7, 11) is 0. The number of rotatable bonds is 16. The third-order valence-corrected chi connectivity index (χ3v) is 13.8. The molecule has 2 atom stereocenters. The molecule has 0 heterocycles. The Morgan fingerprint density at radius 2 is 1.11 bits per heavy atom. The number of fused-ring (bicyclic) bond motifs is 1. The molecule has 1 saturated carbocycles. The summed E-state index contributed by atoms with van der Waals surface area (Å²) < 4.78 is 6.29. The quantitative estimate of drug-likeness (QED) is 0.0776. The molecule has 1 fully saturated rings. The summed E-state index contributed by atoms with van der Waals surface area (Å²) in [6.07, 6.45) is 6.73.